The van der Waals surface area contributed by atoms with Gasteiger partial charge in [0.25, 0.3) is 0 Å². The first-order valence-electron chi connectivity index (χ1n) is 6.44. The molecule has 0 bridgehead atoms. The van der Waals surface area contributed by atoms with Gasteiger partial charge in [-0.25, -0.2) is 9.48 Å². The molecule has 0 fully saturated rings. The van der Waals surface area contributed by atoms with Gasteiger partial charge in [-0.15, -0.1) is 0 Å². The molecule has 0 aromatic carbocycles. The molecule has 0 radical (unpaired) electrons. The standard InChI is InChI=1S/C13H18N4O4/c1-9-4-5-10(21-9)13(2,20)7-14-11(18)6-17-12(19)16(3)8-15-17/h4-5,8,20H,6-7H2,1-3H3,(H,14,18). The van der Waals surface area contributed by atoms with E-state index in [0.29, 0.717) is 11.5 Å². The van der Waals surface area contributed by atoms with Gasteiger partial charge >= 0.3 is 5.69 Å². The topological polar surface area (TPSA) is 102 Å². The highest BCUT2D eigenvalue weighted by molar-refractivity contribution is 5.75. The van der Waals surface area contributed by atoms with Gasteiger partial charge in [-0.1, -0.05) is 0 Å². The number of carbonyl (C=O) groups excluding carboxylic acids is 1. The highest BCUT2D eigenvalue weighted by atomic mass is 16.4. The van der Waals surface area contributed by atoms with E-state index in [1.807, 2.05) is 0 Å². The van der Waals surface area contributed by atoms with Gasteiger partial charge in [-0.05, 0) is 26.0 Å². The van der Waals surface area contributed by atoms with Gasteiger partial charge in [0, 0.05) is 7.05 Å². The van der Waals surface area contributed by atoms with E-state index in [2.05, 4.69) is 10.4 Å². The minimum absolute atomic E-state index is 0.0274. The Labute approximate surface area is 121 Å². The van der Waals surface area contributed by atoms with Crippen LogP contribution in [-0.4, -0.2) is 31.9 Å². The molecule has 0 saturated carbocycles. The Morgan fingerprint density at radius 2 is 2.24 bits per heavy atom. The molecule has 21 heavy (non-hydrogen) atoms. The molecule has 0 spiro atoms. The van der Waals surface area contributed by atoms with Gasteiger partial charge in [0.1, 0.15) is 30.0 Å². The summed E-state index contributed by atoms with van der Waals surface area (Å²) in [6.45, 7) is 3.08. The van der Waals surface area contributed by atoms with Crippen molar-refractivity contribution >= 4 is 5.91 Å². The van der Waals surface area contributed by atoms with Crippen LogP contribution in [0.15, 0.2) is 27.7 Å². The quantitative estimate of drug-likeness (QED) is 0.774. The number of aromatic nitrogens is 3. The van der Waals surface area contributed by atoms with Crippen molar-refractivity contribution < 1.29 is 14.3 Å². The Balaban J connectivity index is 1.95. The number of furan rings is 1. The highest BCUT2D eigenvalue weighted by Crippen LogP contribution is 2.21. The van der Waals surface area contributed by atoms with Crippen LogP contribution in [0.25, 0.3) is 0 Å². The van der Waals surface area contributed by atoms with Crippen LogP contribution in [-0.2, 0) is 24.0 Å². The molecule has 0 aliphatic rings. The van der Waals surface area contributed by atoms with Gasteiger partial charge in [0.2, 0.25) is 5.91 Å². The molecule has 2 rings (SSSR count). The van der Waals surface area contributed by atoms with Crippen LogP contribution in [0, 0.1) is 6.92 Å². The molecule has 2 N–H and O–H groups in total. The summed E-state index contributed by atoms with van der Waals surface area (Å²) in [5.74, 6) is 0.631. The number of nitrogens with one attached hydrogen (secondary N) is 1. The van der Waals surface area contributed by atoms with Crippen molar-refractivity contribution in [2.75, 3.05) is 6.54 Å². The van der Waals surface area contributed by atoms with E-state index < -0.39 is 11.5 Å². The molecule has 8 nitrogen and oxygen atoms in total. The summed E-state index contributed by atoms with van der Waals surface area (Å²) < 4.78 is 7.66. The molecular formula is C13H18N4O4. The van der Waals surface area contributed by atoms with Gasteiger partial charge in [0.15, 0.2) is 0 Å². The number of aliphatic hydroxyl groups is 1. The van der Waals surface area contributed by atoms with Crippen molar-refractivity contribution in [1.29, 1.82) is 0 Å². The van der Waals surface area contributed by atoms with Crippen molar-refractivity contribution in [3.63, 3.8) is 0 Å². The fourth-order valence-electron chi connectivity index (χ4n) is 1.80. The van der Waals surface area contributed by atoms with Crippen LogP contribution in [0.2, 0.25) is 0 Å². The lowest BCUT2D eigenvalue weighted by Crippen LogP contribution is -2.41. The number of rotatable bonds is 5. The fourth-order valence-corrected chi connectivity index (χ4v) is 1.80. The van der Waals surface area contributed by atoms with Crippen molar-refractivity contribution in [2.24, 2.45) is 7.05 Å². The number of aryl methyl sites for hydroxylation is 2. The zero-order valence-corrected chi connectivity index (χ0v) is 12.2. The van der Waals surface area contributed by atoms with E-state index in [0.717, 1.165) is 4.68 Å². The molecule has 0 saturated heterocycles. The second-order valence-corrected chi connectivity index (χ2v) is 5.14. The summed E-state index contributed by atoms with van der Waals surface area (Å²) >= 11 is 0. The molecule has 0 aliphatic carbocycles. The van der Waals surface area contributed by atoms with Crippen LogP contribution in [0.3, 0.4) is 0 Å². The Bertz CT molecular complexity index is 695. The highest BCUT2D eigenvalue weighted by Gasteiger charge is 2.27. The monoisotopic (exact) mass is 294 g/mol. The first kappa shape index (κ1) is 15.0. The van der Waals surface area contributed by atoms with Crippen molar-refractivity contribution in [3.8, 4) is 0 Å². The lowest BCUT2D eigenvalue weighted by atomic mass is 10.0. The first-order valence-corrected chi connectivity index (χ1v) is 6.44. The van der Waals surface area contributed by atoms with E-state index in [4.69, 9.17) is 4.42 Å². The van der Waals surface area contributed by atoms with E-state index in [1.165, 1.54) is 10.9 Å². The first-order chi connectivity index (χ1) is 9.79. The molecule has 2 heterocycles. The normalized spacial score (nSPS) is 13.9. The van der Waals surface area contributed by atoms with E-state index in [-0.39, 0.29) is 18.8 Å². The van der Waals surface area contributed by atoms with Gasteiger partial charge in [0.05, 0.1) is 6.54 Å². The third-order valence-electron chi connectivity index (χ3n) is 3.08. The summed E-state index contributed by atoms with van der Waals surface area (Å²) in [7, 11) is 1.55. The number of hydrogen-bond acceptors (Lipinski definition) is 5. The summed E-state index contributed by atoms with van der Waals surface area (Å²) in [6.07, 6.45) is 1.33. The summed E-state index contributed by atoms with van der Waals surface area (Å²) in [5.41, 5.74) is -1.70. The molecule has 1 unspecified atom stereocenters. The summed E-state index contributed by atoms with van der Waals surface area (Å²) in [4.78, 5) is 23.3. The number of amides is 1. The molecule has 1 amide bonds. The van der Waals surface area contributed by atoms with Crippen LogP contribution in [0.4, 0.5) is 0 Å². The molecule has 2 aromatic heterocycles. The van der Waals surface area contributed by atoms with Gasteiger partial charge in [-0.3, -0.25) is 9.36 Å². The molecule has 8 heteroatoms. The fraction of sp³-hybridized carbons (Fsp3) is 0.462. The molecule has 2 aromatic rings. The van der Waals surface area contributed by atoms with Crippen LogP contribution < -0.4 is 11.0 Å². The maximum atomic E-state index is 11.8. The van der Waals surface area contributed by atoms with Crippen molar-refractivity contribution in [3.05, 3.63) is 40.5 Å². The lowest BCUT2D eigenvalue weighted by Gasteiger charge is -2.21. The predicted molar refractivity (Wildman–Crippen MR) is 73.5 cm³/mol. The smallest absolute Gasteiger partial charge is 0.345 e. The summed E-state index contributed by atoms with van der Waals surface area (Å²) in [6, 6.07) is 3.39. The second-order valence-electron chi connectivity index (χ2n) is 5.14. The van der Waals surface area contributed by atoms with Crippen LogP contribution in [0.5, 0.6) is 0 Å². The molecule has 1 atom stereocenters. The van der Waals surface area contributed by atoms with E-state index in [1.54, 1.807) is 33.0 Å². The Kier molecular flexibility index (Phi) is 3.99. The van der Waals surface area contributed by atoms with Crippen LogP contribution >= 0.6 is 0 Å². The second kappa shape index (κ2) is 5.57. The number of nitrogens with zero attached hydrogens (tertiary/aromatic N) is 3. The van der Waals surface area contributed by atoms with Crippen molar-refractivity contribution in [1.82, 2.24) is 19.7 Å². The number of hydrogen-bond donors (Lipinski definition) is 2. The van der Waals surface area contributed by atoms with Crippen LogP contribution in [0.1, 0.15) is 18.4 Å². The minimum atomic E-state index is -1.32. The SMILES string of the molecule is Cc1ccc(C(C)(O)CNC(=O)Cn2ncn(C)c2=O)o1. The summed E-state index contributed by atoms with van der Waals surface area (Å²) in [5, 5.41) is 16.6. The third-order valence-corrected chi connectivity index (χ3v) is 3.08. The Morgan fingerprint density at radius 3 is 2.76 bits per heavy atom. The Hall–Kier alpha value is -2.35. The average Bonchev–Trinajstić information content (AvgIpc) is 2.98. The average molecular weight is 294 g/mol. The Morgan fingerprint density at radius 1 is 1.52 bits per heavy atom. The van der Waals surface area contributed by atoms with Crippen molar-refractivity contribution in [2.45, 2.75) is 26.0 Å². The zero-order chi connectivity index (χ0) is 15.6. The third kappa shape index (κ3) is 3.40. The molecule has 114 valence electrons. The van der Waals surface area contributed by atoms with E-state index >= 15 is 0 Å². The minimum Gasteiger partial charge on any atom is -0.463 e. The maximum Gasteiger partial charge on any atom is 0.345 e. The molecule has 0 aliphatic heterocycles. The molecular weight excluding hydrogens is 276 g/mol. The predicted octanol–water partition coefficient (Wildman–Crippen LogP) is -0.493. The zero-order valence-electron chi connectivity index (χ0n) is 12.2. The van der Waals surface area contributed by atoms with E-state index in [9.17, 15) is 14.7 Å². The number of carbonyl (C=O) groups is 1. The lowest BCUT2D eigenvalue weighted by molar-refractivity contribution is -0.123. The maximum absolute atomic E-state index is 11.8. The van der Waals surface area contributed by atoms with Gasteiger partial charge < -0.3 is 14.8 Å². The largest absolute Gasteiger partial charge is 0.463 e. The van der Waals surface area contributed by atoms with Gasteiger partial charge in [-0.2, -0.15) is 5.10 Å².